The molecular formula is C72H137NO5. The molecule has 2 unspecified atom stereocenters. The molecule has 3 N–H and O–H groups in total. The highest BCUT2D eigenvalue weighted by molar-refractivity contribution is 5.76. The third-order valence-corrected chi connectivity index (χ3v) is 16.4. The van der Waals surface area contributed by atoms with Crippen molar-refractivity contribution in [1.29, 1.82) is 0 Å². The van der Waals surface area contributed by atoms with Crippen molar-refractivity contribution in [2.75, 3.05) is 13.2 Å². The standard InChI is InChI=1S/C72H137NO5/c1-3-5-7-9-11-13-15-16-17-40-43-46-50-54-58-62-66-72(77)78-67-63-59-55-51-47-44-41-38-36-34-32-30-28-26-24-22-20-18-19-21-23-25-27-29-31-33-35-37-39-42-45-49-53-57-61-65-71(76)73-69(68-74)70(75)64-60-56-52-48-14-12-10-8-6-4-2/h17,20,22,40,60,64,69-70,74-75H,3-16,18-19,21,23-39,41-59,61-63,65-68H2,1-2H3,(H,73,76)/b22-20-,40-17-,64-60+. The highest BCUT2D eigenvalue weighted by Crippen LogP contribution is 2.18. The summed E-state index contributed by atoms with van der Waals surface area (Å²) in [6, 6.07) is -0.623. The molecule has 0 aromatic carbocycles. The molecular weight excluding hydrogens is 959 g/mol. The van der Waals surface area contributed by atoms with E-state index in [4.69, 9.17) is 4.74 Å². The topological polar surface area (TPSA) is 95.9 Å². The largest absolute Gasteiger partial charge is 0.466 e. The molecule has 1 amide bonds. The van der Waals surface area contributed by atoms with Gasteiger partial charge in [-0.05, 0) is 83.5 Å². The van der Waals surface area contributed by atoms with Crippen LogP contribution >= 0.6 is 0 Å². The van der Waals surface area contributed by atoms with E-state index in [1.807, 2.05) is 6.08 Å². The average molecular weight is 1100 g/mol. The fraction of sp³-hybridized carbons (Fsp3) is 0.889. The number of nitrogens with one attached hydrogen (secondary N) is 1. The summed E-state index contributed by atoms with van der Waals surface area (Å²) in [5.74, 6) is -0.0523. The summed E-state index contributed by atoms with van der Waals surface area (Å²) in [7, 11) is 0. The normalized spacial score (nSPS) is 12.7. The summed E-state index contributed by atoms with van der Waals surface area (Å²) in [4.78, 5) is 24.5. The van der Waals surface area contributed by atoms with E-state index in [0.29, 0.717) is 19.4 Å². The molecule has 0 aliphatic rings. The Labute approximate surface area is 487 Å². The lowest BCUT2D eigenvalue weighted by atomic mass is 10.0. The number of carbonyl (C=O) groups is 2. The van der Waals surface area contributed by atoms with Crippen molar-refractivity contribution in [3.63, 3.8) is 0 Å². The Balaban J connectivity index is 3.32. The van der Waals surface area contributed by atoms with Crippen LogP contribution in [0.15, 0.2) is 36.5 Å². The molecule has 0 aromatic rings. The number of ether oxygens (including phenoxy) is 1. The van der Waals surface area contributed by atoms with Crippen molar-refractivity contribution < 1.29 is 24.5 Å². The monoisotopic (exact) mass is 1100 g/mol. The van der Waals surface area contributed by atoms with Crippen LogP contribution < -0.4 is 5.32 Å². The van der Waals surface area contributed by atoms with Crippen LogP contribution in [-0.2, 0) is 14.3 Å². The highest BCUT2D eigenvalue weighted by atomic mass is 16.5. The van der Waals surface area contributed by atoms with Crippen LogP contribution in [0.2, 0.25) is 0 Å². The van der Waals surface area contributed by atoms with E-state index in [1.165, 1.54) is 315 Å². The van der Waals surface area contributed by atoms with Crippen molar-refractivity contribution in [2.45, 2.75) is 398 Å². The van der Waals surface area contributed by atoms with Gasteiger partial charge in [0.1, 0.15) is 0 Å². The minimum Gasteiger partial charge on any atom is -0.466 e. The zero-order valence-corrected chi connectivity index (χ0v) is 52.7. The number of amides is 1. The van der Waals surface area contributed by atoms with Crippen LogP contribution in [0.25, 0.3) is 0 Å². The molecule has 0 bridgehead atoms. The second-order valence-electron chi connectivity index (χ2n) is 24.2. The fourth-order valence-corrected chi connectivity index (χ4v) is 11.0. The smallest absolute Gasteiger partial charge is 0.305 e. The molecule has 460 valence electrons. The van der Waals surface area contributed by atoms with Crippen LogP contribution in [0.5, 0.6) is 0 Å². The molecule has 2 atom stereocenters. The number of aliphatic hydroxyl groups is 2. The number of esters is 1. The van der Waals surface area contributed by atoms with Gasteiger partial charge in [-0.2, -0.15) is 0 Å². The minimum absolute atomic E-state index is 0.0128. The van der Waals surface area contributed by atoms with Gasteiger partial charge in [-0.15, -0.1) is 0 Å². The van der Waals surface area contributed by atoms with Gasteiger partial charge >= 0.3 is 5.97 Å². The molecule has 0 radical (unpaired) electrons. The number of hydrogen-bond donors (Lipinski definition) is 3. The van der Waals surface area contributed by atoms with Gasteiger partial charge in [0, 0.05) is 12.8 Å². The molecule has 0 aromatic heterocycles. The Morgan fingerprint density at radius 2 is 0.603 bits per heavy atom. The van der Waals surface area contributed by atoms with E-state index in [-0.39, 0.29) is 18.5 Å². The van der Waals surface area contributed by atoms with Gasteiger partial charge in [-0.25, -0.2) is 0 Å². The fourth-order valence-electron chi connectivity index (χ4n) is 11.0. The van der Waals surface area contributed by atoms with E-state index in [1.54, 1.807) is 6.08 Å². The molecule has 0 heterocycles. The van der Waals surface area contributed by atoms with E-state index in [0.717, 1.165) is 44.9 Å². The lowest BCUT2D eigenvalue weighted by Gasteiger charge is -2.20. The molecule has 0 rings (SSSR count). The number of aliphatic hydroxyl groups excluding tert-OH is 2. The Hall–Kier alpha value is -1.92. The zero-order valence-electron chi connectivity index (χ0n) is 52.7. The van der Waals surface area contributed by atoms with Gasteiger partial charge in [0.15, 0.2) is 0 Å². The number of carbonyl (C=O) groups excluding carboxylic acids is 2. The van der Waals surface area contributed by atoms with Crippen molar-refractivity contribution in [3.05, 3.63) is 36.5 Å². The molecule has 0 aliphatic heterocycles. The van der Waals surface area contributed by atoms with Gasteiger partial charge in [0.2, 0.25) is 5.91 Å². The first-order valence-electron chi connectivity index (χ1n) is 35.3. The molecule has 0 saturated heterocycles. The number of allylic oxidation sites excluding steroid dienone is 5. The first kappa shape index (κ1) is 76.1. The first-order chi connectivity index (χ1) is 38.5. The van der Waals surface area contributed by atoms with Crippen LogP contribution in [0.4, 0.5) is 0 Å². The Morgan fingerprint density at radius 1 is 0.346 bits per heavy atom. The van der Waals surface area contributed by atoms with Gasteiger partial charge in [-0.1, -0.05) is 326 Å². The second-order valence-corrected chi connectivity index (χ2v) is 24.2. The van der Waals surface area contributed by atoms with Crippen molar-refractivity contribution in [1.82, 2.24) is 5.32 Å². The minimum atomic E-state index is -0.840. The predicted molar refractivity (Wildman–Crippen MR) is 343 cm³/mol. The van der Waals surface area contributed by atoms with Crippen molar-refractivity contribution in [2.24, 2.45) is 0 Å². The first-order valence-corrected chi connectivity index (χ1v) is 35.3. The summed E-state index contributed by atoms with van der Waals surface area (Å²) >= 11 is 0. The summed E-state index contributed by atoms with van der Waals surface area (Å²) in [5.41, 5.74) is 0. The number of hydrogen-bond acceptors (Lipinski definition) is 5. The summed E-state index contributed by atoms with van der Waals surface area (Å²) in [6.07, 6.45) is 86.8. The summed E-state index contributed by atoms with van der Waals surface area (Å²) in [5, 5.41) is 23.0. The highest BCUT2D eigenvalue weighted by Gasteiger charge is 2.18. The van der Waals surface area contributed by atoms with Crippen LogP contribution in [0.1, 0.15) is 386 Å². The third kappa shape index (κ3) is 63.3. The Morgan fingerprint density at radius 3 is 0.910 bits per heavy atom. The second kappa shape index (κ2) is 67.6. The van der Waals surface area contributed by atoms with Crippen LogP contribution in [0, 0.1) is 0 Å². The summed E-state index contributed by atoms with van der Waals surface area (Å²) in [6.45, 7) is 4.90. The molecule has 6 nitrogen and oxygen atoms in total. The Bertz CT molecular complexity index is 1260. The van der Waals surface area contributed by atoms with Crippen molar-refractivity contribution in [3.8, 4) is 0 Å². The number of rotatable bonds is 66. The summed E-state index contributed by atoms with van der Waals surface area (Å²) < 4.78 is 5.50. The van der Waals surface area contributed by atoms with E-state index >= 15 is 0 Å². The zero-order chi connectivity index (χ0) is 56.4. The van der Waals surface area contributed by atoms with Gasteiger partial charge in [-0.3, -0.25) is 9.59 Å². The van der Waals surface area contributed by atoms with E-state index in [9.17, 15) is 19.8 Å². The molecule has 0 aliphatic carbocycles. The molecule has 0 saturated carbocycles. The third-order valence-electron chi connectivity index (χ3n) is 16.4. The van der Waals surface area contributed by atoms with E-state index < -0.39 is 12.1 Å². The molecule has 0 spiro atoms. The number of unbranched alkanes of at least 4 members (excludes halogenated alkanes) is 51. The maximum absolute atomic E-state index is 12.4. The lowest BCUT2D eigenvalue weighted by molar-refractivity contribution is -0.143. The SMILES string of the molecule is CCCCCCCCC/C=C\CCCCCCCC(=O)OCCCCCCCCCCCCCCCC/C=C\CCCCCCCCCCCCCCCCCCCC(=O)NC(CO)C(O)/C=C/CCCCCCCCCC. The van der Waals surface area contributed by atoms with Gasteiger partial charge in [0.25, 0.3) is 0 Å². The quantitative estimate of drug-likeness (QED) is 0.0320. The average Bonchev–Trinajstić information content (AvgIpc) is 3.44. The molecule has 78 heavy (non-hydrogen) atoms. The van der Waals surface area contributed by atoms with Gasteiger partial charge in [0.05, 0.1) is 25.4 Å². The van der Waals surface area contributed by atoms with Gasteiger partial charge < -0.3 is 20.3 Å². The predicted octanol–water partition coefficient (Wildman–Crippen LogP) is 22.7. The lowest BCUT2D eigenvalue weighted by Crippen LogP contribution is -2.45. The van der Waals surface area contributed by atoms with Crippen molar-refractivity contribution >= 4 is 11.9 Å². The Kier molecular flexibility index (Phi) is 65.9. The van der Waals surface area contributed by atoms with Crippen LogP contribution in [0.3, 0.4) is 0 Å². The van der Waals surface area contributed by atoms with E-state index in [2.05, 4.69) is 43.5 Å². The van der Waals surface area contributed by atoms with Crippen LogP contribution in [-0.4, -0.2) is 47.4 Å². The maximum atomic E-state index is 12.4. The molecule has 6 heteroatoms. The molecule has 0 fully saturated rings. The maximum Gasteiger partial charge on any atom is 0.305 e.